The SMILES string of the molecule is O=C(NC1CCN(Cc2ccccn2)CC1)c1ccccc1OCc1ccc(Cl)cc1Cl. The van der Waals surface area contributed by atoms with Gasteiger partial charge < -0.3 is 10.1 Å². The summed E-state index contributed by atoms with van der Waals surface area (Å²) >= 11 is 12.2. The highest BCUT2D eigenvalue weighted by molar-refractivity contribution is 6.35. The fourth-order valence-electron chi connectivity index (χ4n) is 3.79. The molecule has 0 unspecified atom stereocenters. The first kappa shape index (κ1) is 22.6. The molecule has 2 aromatic carbocycles. The molecule has 0 radical (unpaired) electrons. The Morgan fingerprint density at radius 3 is 2.59 bits per heavy atom. The number of amides is 1. The zero-order chi connectivity index (χ0) is 22.3. The van der Waals surface area contributed by atoms with Crippen molar-refractivity contribution in [3.63, 3.8) is 0 Å². The Kier molecular flexibility index (Phi) is 7.63. The second-order valence-corrected chi connectivity index (χ2v) is 8.71. The van der Waals surface area contributed by atoms with Crippen LogP contribution >= 0.6 is 23.2 Å². The number of ether oxygens (including phenoxy) is 1. The van der Waals surface area contributed by atoms with Crippen LogP contribution in [0.1, 0.15) is 34.5 Å². The minimum atomic E-state index is -0.119. The molecule has 1 amide bonds. The van der Waals surface area contributed by atoms with E-state index >= 15 is 0 Å². The molecule has 1 aromatic heterocycles. The summed E-state index contributed by atoms with van der Waals surface area (Å²) in [5.41, 5.74) is 2.40. The summed E-state index contributed by atoms with van der Waals surface area (Å²) in [5, 5.41) is 4.28. The average Bonchev–Trinajstić information content (AvgIpc) is 2.81. The monoisotopic (exact) mass is 469 g/mol. The van der Waals surface area contributed by atoms with Gasteiger partial charge in [0.2, 0.25) is 0 Å². The molecule has 0 saturated carbocycles. The zero-order valence-electron chi connectivity index (χ0n) is 17.6. The first-order valence-corrected chi connectivity index (χ1v) is 11.4. The normalized spacial score (nSPS) is 14.8. The standard InChI is InChI=1S/C25H25Cl2N3O2/c26-19-9-8-18(23(27)15-19)17-32-24-7-2-1-6-22(24)25(31)29-20-10-13-30(14-11-20)16-21-5-3-4-12-28-21/h1-9,12,15,20H,10-11,13-14,16-17H2,(H,29,31). The second-order valence-electron chi connectivity index (χ2n) is 7.87. The van der Waals surface area contributed by atoms with Crippen LogP contribution in [0.2, 0.25) is 10.0 Å². The average molecular weight is 470 g/mol. The number of hydrogen-bond acceptors (Lipinski definition) is 4. The van der Waals surface area contributed by atoms with E-state index in [9.17, 15) is 4.79 Å². The fourth-order valence-corrected chi connectivity index (χ4v) is 4.26. The molecule has 7 heteroatoms. The molecule has 1 N–H and O–H groups in total. The Balaban J connectivity index is 1.32. The van der Waals surface area contributed by atoms with Crippen LogP contribution in [0.15, 0.2) is 66.9 Å². The number of nitrogens with one attached hydrogen (secondary N) is 1. The number of nitrogens with zero attached hydrogens (tertiary/aromatic N) is 2. The Labute approximate surface area is 198 Å². The number of hydrogen-bond donors (Lipinski definition) is 1. The molecule has 1 fully saturated rings. The smallest absolute Gasteiger partial charge is 0.255 e. The van der Waals surface area contributed by atoms with Crippen molar-refractivity contribution < 1.29 is 9.53 Å². The van der Waals surface area contributed by atoms with E-state index in [-0.39, 0.29) is 18.6 Å². The Bertz CT molecular complexity index is 1050. The zero-order valence-corrected chi connectivity index (χ0v) is 19.1. The van der Waals surface area contributed by atoms with Gasteiger partial charge in [0, 0.05) is 47.5 Å². The van der Waals surface area contributed by atoms with Gasteiger partial charge in [-0.05, 0) is 49.2 Å². The second kappa shape index (κ2) is 10.8. The maximum atomic E-state index is 13.0. The number of pyridine rings is 1. The van der Waals surface area contributed by atoms with Crippen molar-refractivity contribution in [3.05, 3.63) is 93.7 Å². The number of benzene rings is 2. The third-order valence-corrected chi connectivity index (χ3v) is 6.15. The van der Waals surface area contributed by atoms with Gasteiger partial charge in [0.05, 0.1) is 11.3 Å². The van der Waals surface area contributed by atoms with Gasteiger partial charge in [-0.2, -0.15) is 0 Å². The first-order chi connectivity index (χ1) is 15.6. The topological polar surface area (TPSA) is 54.5 Å². The highest BCUT2D eigenvalue weighted by atomic mass is 35.5. The summed E-state index contributed by atoms with van der Waals surface area (Å²) < 4.78 is 5.93. The molecule has 4 rings (SSSR count). The lowest BCUT2D eigenvalue weighted by atomic mass is 10.0. The van der Waals surface area contributed by atoms with Crippen molar-refractivity contribution in [1.82, 2.24) is 15.2 Å². The van der Waals surface area contributed by atoms with Crippen LogP contribution in [0.4, 0.5) is 0 Å². The molecule has 2 heterocycles. The fraction of sp³-hybridized carbons (Fsp3) is 0.280. The van der Waals surface area contributed by atoms with E-state index in [1.807, 2.05) is 42.6 Å². The number of carbonyl (C=O) groups excluding carboxylic acids is 1. The summed E-state index contributed by atoms with van der Waals surface area (Å²) in [6, 6.07) is 18.7. The molecule has 0 atom stereocenters. The quantitative estimate of drug-likeness (QED) is 0.505. The summed E-state index contributed by atoms with van der Waals surface area (Å²) in [6.07, 6.45) is 3.63. The maximum Gasteiger partial charge on any atom is 0.255 e. The highest BCUT2D eigenvalue weighted by Gasteiger charge is 2.22. The number of para-hydroxylation sites is 1. The lowest BCUT2D eigenvalue weighted by molar-refractivity contribution is 0.0904. The summed E-state index contributed by atoms with van der Waals surface area (Å²) in [6.45, 7) is 2.95. The van der Waals surface area contributed by atoms with Crippen LogP contribution in [0.5, 0.6) is 5.75 Å². The van der Waals surface area contributed by atoms with Gasteiger partial charge in [0.25, 0.3) is 5.91 Å². The number of likely N-dealkylation sites (tertiary alicyclic amines) is 1. The maximum absolute atomic E-state index is 13.0. The van der Waals surface area contributed by atoms with E-state index < -0.39 is 0 Å². The van der Waals surface area contributed by atoms with Gasteiger partial charge >= 0.3 is 0 Å². The molecule has 0 aliphatic carbocycles. The predicted molar refractivity (Wildman–Crippen MR) is 127 cm³/mol. The van der Waals surface area contributed by atoms with Gasteiger partial charge in [0.15, 0.2) is 0 Å². The number of rotatable bonds is 7. The molecule has 32 heavy (non-hydrogen) atoms. The van der Waals surface area contributed by atoms with Crippen molar-refractivity contribution in [2.24, 2.45) is 0 Å². The number of piperidine rings is 1. The van der Waals surface area contributed by atoms with E-state index in [4.69, 9.17) is 27.9 Å². The molecule has 5 nitrogen and oxygen atoms in total. The predicted octanol–water partition coefficient (Wildman–Crippen LogP) is 5.36. The van der Waals surface area contributed by atoms with Gasteiger partial charge in [-0.25, -0.2) is 0 Å². The van der Waals surface area contributed by atoms with Crippen molar-refractivity contribution in [2.75, 3.05) is 13.1 Å². The van der Waals surface area contributed by atoms with Crippen LogP contribution in [0.25, 0.3) is 0 Å². The van der Waals surface area contributed by atoms with Crippen molar-refractivity contribution in [2.45, 2.75) is 32.0 Å². The minimum absolute atomic E-state index is 0.119. The van der Waals surface area contributed by atoms with E-state index in [2.05, 4.69) is 15.2 Å². The highest BCUT2D eigenvalue weighted by Crippen LogP contribution is 2.25. The van der Waals surface area contributed by atoms with Gasteiger partial charge in [0.1, 0.15) is 12.4 Å². The van der Waals surface area contributed by atoms with E-state index in [1.54, 1.807) is 24.3 Å². The molecule has 1 aliphatic heterocycles. The molecule has 0 bridgehead atoms. The van der Waals surface area contributed by atoms with E-state index in [1.165, 1.54) is 0 Å². The Morgan fingerprint density at radius 1 is 1.06 bits per heavy atom. The molecule has 166 valence electrons. The molecular formula is C25H25Cl2N3O2. The van der Waals surface area contributed by atoms with E-state index in [0.717, 1.165) is 43.7 Å². The van der Waals surface area contributed by atoms with E-state index in [0.29, 0.717) is 21.4 Å². The molecule has 1 saturated heterocycles. The summed E-state index contributed by atoms with van der Waals surface area (Å²) in [4.78, 5) is 19.7. The van der Waals surface area contributed by atoms with Gasteiger partial charge in [-0.15, -0.1) is 0 Å². The molecular weight excluding hydrogens is 445 g/mol. The molecule has 3 aromatic rings. The molecule has 0 spiro atoms. The Hall–Kier alpha value is -2.60. The van der Waals surface area contributed by atoms with Crippen LogP contribution in [-0.4, -0.2) is 34.9 Å². The Morgan fingerprint density at radius 2 is 1.84 bits per heavy atom. The van der Waals surface area contributed by atoms with Crippen LogP contribution in [0, 0.1) is 0 Å². The largest absolute Gasteiger partial charge is 0.488 e. The van der Waals surface area contributed by atoms with Crippen molar-refractivity contribution >= 4 is 29.1 Å². The summed E-state index contributed by atoms with van der Waals surface area (Å²) in [5.74, 6) is 0.412. The summed E-state index contributed by atoms with van der Waals surface area (Å²) in [7, 11) is 0. The van der Waals surface area contributed by atoms with Crippen molar-refractivity contribution in [1.29, 1.82) is 0 Å². The lowest BCUT2D eigenvalue weighted by Gasteiger charge is -2.32. The first-order valence-electron chi connectivity index (χ1n) is 10.7. The van der Waals surface area contributed by atoms with Crippen molar-refractivity contribution in [3.8, 4) is 5.75 Å². The third-order valence-electron chi connectivity index (χ3n) is 5.56. The minimum Gasteiger partial charge on any atom is -0.488 e. The van der Waals surface area contributed by atoms with Crippen LogP contribution in [-0.2, 0) is 13.2 Å². The number of halogens is 2. The molecule has 1 aliphatic rings. The van der Waals surface area contributed by atoms with Gasteiger partial charge in [-0.1, -0.05) is 47.5 Å². The number of carbonyl (C=O) groups is 1. The van der Waals surface area contributed by atoms with Crippen LogP contribution in [0.3, 0.4) is 0 Å². The van der Waals surface area contributed by atoms with Gasteiger partial charge in [-0.3, -0.25) is 14.7 Å². The third kappa shape index (κ3) is 6.00. The lowest BCUT2D eigenvalue weighted by Crippen LogP contribution is -2.44. The number of aromatic nitrogens is 1. The van der Waals surface area contributed by atoms with Crippen LogP contribution < -0.4 is 10.1 Å².